The van der Waals surface area contributed by atoms with Crippen molar-refractivity contribution in [1.82, 2.24) is 10.3 Å². The minimum Gasteiger partial charge on any atom is -0.349 e. The molecular formula is C16H31N3S. The Labute approximate surface area is 128 Å². The third-order valence-electron chi connectivity index (χ3n) is 3.31. The van der Waals surface area contributed by atoms with Crippen LogP contribution in [0, 0.1) is 5.92 Å². The normalized spacial score (nSPS) is 12.5. The Morgan fingerprint density at radius 2 is 1.80 bits per heavy atom. The summed E-state index contributed by atoms with van der Waals surface area (Å²) in [5.74, 6) is 0.679. The summed E-state index contributed by atoms with van der Waals surface area (Å²) in [6, 6.07) is 0.477. The van der Waals surface area contributed by atoms with Crippen LogP contribution in [0.1, 0.15) is 59.0 Å². The average molecular weight is 298 g/mol. The molecule has 0 aliphatic rings. The SMILES string of the molecule is CC(C)CNCc1sc(N(C)C(C)C)nc1C(C)(C)C. The lowest BCUT2D eigenvalue weighted by atomic mass is 9.91. The standard InChI is InChI=1S/C16H31N3S/c1-11(2)9-17-10-13-14(16(5,6)7)18-15(20-13)19(8)12(3)4/h11-12,17H,9-10H2,1-8H3. The summed E-state index contributed by atoms with van der Waals surface area (Å²) >= 11 is 1.83. The van der Waals surface area contributed by atoms with Crippen molar-refractivity contribution in [2.75, 3.05) is 18.5 Å². The van der Waals surface area contributed by atoms with Gasteiger partial charge in [0, 0.05) is 29.9 Å². The Morgan fingerprint density at radius 1 is 1.20 bits per heavy atom. The monoisotopic (exact) mass is 297 g/mol. The number of anilines is 1. The lowest BCUT2D eigenvalue weighted by Gasteiger charge is -2.21. The molecule has 20 heavy (non-hydrogen) atoms. The first-order valence-electron chi connectivity index (χ1n) is 7.56. The highest BCUT2D eigenvalue weighted by Crippen LogP contribution is 2.34. The maximum Gasteiger partial charge on any atom is 0.185 e. The van der Waals surface area contributed by atoms with Crippen LogP contribution in [0.4, 0.5) is 5.13 Å². The predicted octanol–water partition coefficient (Wildman–Crippen LogP) is 4.03. The average Bonchev–Trinajstić information content (AvgIpc) is 2.71. The summed E-state index contributed by atoms with van der Waals surface area (Å²) in [6.45, 7) is 17.6. The Kier molecular flexibility index (Phi) is 6.02. The van der Waals surface area contributed by atoms with Crippen LogP contribution >= 0.6 is 11.3 Å². The van der Waals surface area contributed by atoms with Crippen LogP contribution in [-0.4, -0.2) is 24.6 Å². The Bertz CT molecular complexity index is 416. The zero-order valence-corrected chi connectivity index (χ0v) is 15.2. The first kappa shape index (κ1) is 17.4. The summed E-state index contributed by atoms with van der Waals surface area (Å²) < 4.78 is 0. The zero-order chi connectivity index (χ0) is 15.5. The number of aromatic nitrogens is 1. The van der Waals surface area contributed by atoms with E-state index in [1.54, 1.807) is 0 Å². The fourth-order valence-electron chi connectivity index (χ4n) is 1.89. The Hall–Kier alpha value is -0.610. The van der Waals surface area contributed by atoms with E-state index in [1.165, 1.54) is 10.6 Å². The molecule has 1 heterocycles. The van der Waals surface area contributed by atoms with E-state index in [4.69, 9.17) is 4.98 Å². The molecule has 0 saturated heterocycles. The molecule has 0 bridgehead atoms. The highest BCUT2D eigenvalue weighted by molar-refractivity contribution is 7.15. The smallest absolute Gasteiger partial charge is 0.185 e. The predicted molar refractivity (Wildman–Crippen MR) is 90.9 cm³/mol. The summed E-state index contributed by atoms with van der Waals surface area (Å²) in [6.07, 6.45) is 0. The van der Waals surface area contributed by atoms with Gasteiger partial charge in [0.25, 0.3) is 0 Å². The van der Waals surface area contributed by atoms with Gasteiger partial charge in [0.05, 0.1) is 5.69 Å². The van der Waals surface area contributed by atoms with E-state index >= 15 is 0 Å². The van der Waals surface area contributed by atoms with Gasteiger partial charge in [-0.3, -0.25) is 0 Å². The van der Waals surface area contributed by atoms with Crippen molar-refractivity contribution in [2.24, 2.45) is 5.92 Å². The van der Waals surface area contributed by atoms with Gasteiger partial charge < -0.3 is 10.2 Å². The van der Waals surface area contributed by atoms with Gasteiger partial charge in [0.1, 0.15) is 0 Å². The van der Waals surface area contributed by atoms with Crippen molar-refractivity contribution in [3.63, 3.8) is 0 Å². The van der Waals surface area contributed by atoms with Gasteiger partial charge in [0.2, 0.25) is 0 Å². The highest BCUT2D eigenvalue weighted by Gasteiger charge is 2.24. The molecule has 3 nitrogen and oxygen atoms in total. The van der Waals surface area contributed by atoms with E-state index in [0.717, 1.165) is 18.2 Å². The van der Waals surface area contributed by atoms with Crippen molar-refractivity contribution in [3.05, 3.63) is 10.6 Å². The van der Waals surface area contributed by atoms with E-state index in [1.807, 2.05) is 11.3 Å². The summed E-state index contributed by atoms with van der Waals surface area (Å²) in [5.41, 5.74) is 1.34. The van der Waals surface area contributed by atoms with E-state index in [0.29, 0.717) is 12.0 Å². The highest BCUT2D eigenvalue weighted by atomic mass is 32.1. The lowest BCUT2D eigenvalue weighted by molar-refractivity contribution is 0.534. The third-order valence-corrected chi connectivity index (χ3v) is 4.46. The van der Waals surface area contributed by atoms with Gasteiger partial charge in [-0.25, -0.2) is 4.98 Å². The second-order valence-electron chi connectivity index (χ2n) is 7.25. The molecule has 0 aliphatic heterocycles. The van der Waals surface area contributed by atoms with Crippen molar-refractivity contribution >= 4 is 16.5 Å². The summed E-state index contributed by atoms with van der Waals surface area (Å²) in [7, 11) is 2.13. The minimum absolute atomic E-state index is 0.0986. The van der Waals surface area contributed by atoms with Crippen molar-refractivity contribution in [1.29, 1.82) is 0 Å². The topological polar surface area (TPSA) is 28.2 Å². The molecule has 0 amide bonds. The number of rotatable bonds is 6. The third kappa shape index (κ3) is 4.74. The van der Waals surface area contributed by atoms with Crippen LogP contribution in [0.3, 0.4) is 0 Å². The van der Waals surface area contributed by atoms with E-state index < -0.39 is 0 Å². The fourth-order valence-corrected chi connectivity index (χ4v) is 3.23. The molecule has 4 heteroatoms. The van der Waals surface area contributed by atoms with E-state index in [2.05, 4.69) is 65.7 Å². The molecule has 0 fully saturated rings. The van der Waals surface area contributed by atoms with Crippen LogP contribution < -0.4 is 10.2 Å². The van der Waals surface area contributed by atoms with Crippen LogP contribution in [-0.2, 0) is 12.0 Å². The zero-order valence-electron chi connectivity index (χ0n) is 14.4. The molecule has 0 spiro atoms. The van der Waals surface area contributed by atoms with Gasteiger partial charge in [-0.2, -0.15) is 0 Å². The van der Waals surface area contributed by atoms with Gasteiger partial charge in [-0.1, -0.05) is 34.6 Å². The van der Waals surface area contributed by atoms with Crippen molar-refractivity contribution in [3.8, 4) is 0 Å². The molecule has 1 rings (SSSR count). The molecule has 116 valence electrons. The van der Waals surface area contributed by atoms with Gasteiger partial charge in [0.15, 0.2) is 5.13 Å². The van der Waals surface area contributed by atoms with E-state index in [9.17, 15) is 0 Å². The molecule has 1 aromatic rings. The first-order chi connectivity index (χ1) is 9.12. The second kappa shape index (κ2) is 6.90. The van der Waals surface area contributed by atoms with Gasteiger partial charge in [-0.05, 0) is 26.3 Å². The number of thiazole rings is 1. The van der Waals surface area contributed by atoms with Crippen molar-refractivity contribution in [2.45, 2.75) is 66.5 Å². The van der Waals surface area contributed by atoms with Gasteiger partial charge in [-0.15, -0.1) is 11.3 Å². The molecule has 1 N–H and O–H groups in total. The van der Waals surface area contributed by atoms with Crippen molar-refractivity contribution < 1.29 is 0 Å². The van der Waals surface area contributed by atoms with Crippen LogP contribution in [0.25, 0.3) is 0 Å². The maximum absolute atomic E-state index is 4.90. The maximum atomic E-state index is 4.90. The second-order valence-corrected chi connectivity index (χ2v) is 8.31. The number of hydrogen-bond acceptors (Lipinski definition) is 4. The summed E-state index contributed by atoms with van der Waals surface area (Å²) in [5, 5.41) is 4.68. The molecule has 0 atom stereocenters. The molecule has 0 saturated carbocycles. The minimum atomic E-state index is 0.0986. The van der Waals surface area contributed by atoms with Crippen LogP contribution in [0.15, 0.2) is 0 Å². The first-order valence-corrected chi connectivity index (χ1v) is 8.38. The molecule has 0 aromatic carbocycles. The van der Waals surface area contributed by atoms with Crippen LogP contribution in [0.5, 0.6) is 0 Å². The fraction of sp³-hybridized carbons (Fsp3) is 0.812. The lowest BCUT2D eigenvalue weighted by Crippen LogP contribution is -2.25. The quantitative estimate of drug-likeness (QED) is 0.859. The van der Waals surface area contributed by atoms with Gasteiger partial charge >= 0.3 is 0 Å². The summed E-state index contributed by atoms with van der Waals surface area (Å²) in [4.78, 5) is 8.54. The number of hydrogen-bond donors (Lipinski definition) is 1. The number of nitrogens with one attached hydrogen (secondary N) is 1. The molecular weight excluding hydrogens is 266 g/mol. The molecule has 0 unspecified atom stereocenters. The Morgan fingerprint density at radius 3 is 2.25 bits per heavy atom. The van der Waals surface area contributed by atoms with Crippen LogP contribution in [0.2, 0.25) is 0 Å². The molecule has 0 radical (unpaired) electrons. The number of nitrogens with zero attached hydrogens (tertiary/aromatic N) is 2. The molecule has 0 aliphatic carbocycles. The Balaban J connectivity index is 2.95. The van der Waals surface area contributed by atoms with E-state index in [-0.39, 0.29) is 5.41 Å². The largest absolute Gasteiger partial charge is 0.349 e. The molecule has 1 aromatic heterocycles.